The number of aryl methyl sites for hydroxylation is 1. The molecule has 1 aromatic carbocycles. The van der Waals surface area contributed by atoms with E-state index < -0.39 is 0 Å². The normalized spacial score (nSPS) is 17.6. The van der Waals surface area contributed by atoms with Gasteiger partial charge < -0.3 is 24.4 Å². The fourth-order valence-electron chi connectivity index (χ4n) is 4.64. The highest BCUT2D eigenvalue weighted by Crippen LogP contribution is 2.41. The van der Waals surface area contributed by atoms with E-state index in [1.54, 1.807) is 6.20 Å². The zero-order chi connectivity index (χ0) is 24.4. The standard InChI is InChI=1S/C26H31N5O2S/c1-6-33-23(32)16-30-25(24(28-26(30)34)22-9-7-8-14-27-22)21-15-17(2)31(18(21)3)20-12-10-19(11-13-20)29(4)5/h7-15,24-25H,6,16H2,1-5H3,(H,28,34)/t24-,25+/m0/s1. The smallest absolute Gasteiger partial charge is 0.325 e. The quantitative estimate of drug-likeness (QED) is 0.406. The Kier molecular flexibility index (Phi) is 6.88. The van der Waals surface area contributed by atoms with Crippen LogP contribution in [0.3, 0.4) is 0 Å². The molecule has 0 amide bonds. The number of carbonyl (C=O) groups excluding carboxylic acids is 1. The van der Waals surface area contributed by atoms with Gasteiger partial charge in [0, 0.05) is 43.1 Å². The molecule has 0 spiro atoms. The molecule has 8 heteroatoms. The highest BCUT2D eigenvalue weighted by molar-refractivity contribution is 7.80. The monoisotopic (exact) mass is 477 g/mol. The highest BCUT2D eigenvalue weighted by atomic mass is 32.1. The minimum atomic E-state index is -0.300. The number of hydrogen-bond acceptors (Lipinski definition) is 5. The first-order valence-electron chi connectivity index (χ1n) is 11.4. The van der Waals surface area contributed by atoms with E-state index in [1.807, 2.05) is 44.1 Å². The lowest BCUT2D eigenvalue weighted by molar-refractivity contribution is -0.143. The van der Waals surface area contributed by atoms with E-state index in [9.17, 15) is 4.79 Å². The molecule has 34 heavy (non-hydrogen) atoms. The molecule has 178 valence electrons. The van der Waals surface area contributed by atoms with Gasteiger partial charge in [-0.15, -0.1) is 0 Å². The van der Waals surface area contributed by atoms with Crippen molar-refractivity contribution < 1.29 is 9.53 Å². The summed E-state index contributed by atoms with van der Waals surface area (Å²) in [7, 11) is 4.07. The maximum atomic E-state index is 12.5. The zero-order valence-corrected chi connectivity index (χ0v) is 21.1. The minimum absolute atomic E-state index is 0.0782. The summed E-state index contributed by atoms with van der Waals surface area (Å²) in [4.78, 5) is 21.0. The molecule has 2 atom stereocenters. The molecule has 3 aromatic rings. The van der Waals surface area contributed by atoms with Crippen molar-refractivity contribution in [2.45, 2.75) is 32.9 Å². The third kappa shape index (κ3) is 4.50. The first-order valence-corrected chi connectivity index (χ1v) is 11.8. The van der Waals surface area contributed by atoms with Gasteiger partial charge >= 0.3 is 5.97 Å². The van der Waals surface area contributed by atoms with Gasteiger partial charge in [0.2, 0.25) is 0 Å². The van der Waals surface area contributed by atoms with Crippen LogP contribution in [0, 0.1) is 13.8 Å². The molecular weight excluding hydrogens is 446 g/mol. The van der Waals surface area contributed by atoms with Crippen molar-refractivity contribution in [2.24, 2.45) is 0 Å². The molecule has 0 saturated carbocycles. The predicted octanol–water partition coefficient (Wildman–Crippen LogP) is 4.09. The van der Waals surface area contributed by atoms with Crippen molar-refractivity contribution in [1.82, 2.24) is 19.8 Å². The lowest BCUT2D eigenvalue weighted by Gasteiger charge is -2.27. The number of benzene rings is 1. The van der Waals surface area contributed by atoms with Crippen LogP contribution in [0.25, 0.3) is 5.69 Å². The average Bonchev–Trinajstić information content (AvgIpc) is 3.29. The van der Waals surface area contributed by atoms with E-state index in [-0.39, 0.29) is 24.6 Å². The number of thiocarbonyl (C=S) groups is 1. The number of pyridine rings is 1. The van der Waals surface area contributed by atoms with Crippen LogP contribution in [-0.2, 0) is 9.53 Å². The molecule has 1 aliphatic heterocycles. The van der Waals surface area contributed by atoms with E-state index in [0.29, 0.717) is 11.7 Å². The Bertz CT molecular complexity index is 1170. The van der Waals surface area contributed by atoms with Gasteiger partial charge in [-0.05, 0) is 81.0 Å². The van der Waals surface area contributed by atoms with E-state index in [4.69, 9.17) is 17.0 Å². The number of rotatable bonds is 7. The van der Waals surface area contributed by atoms with Gasteiger partial charge in [-0.25, -0.2) is 0 Å². The average molecular weight is 478 g/mol. The molecule has 1 saturated heterocycles. The summed E-state index contributed by atoms with van der Waals surface area (Å²) in [5.41, 5.74) is 6.42. The van der Waals surface area contributed by atoms with E-state index in [0.717, 1.165) is 34.0 Å². The third-order valence-electron chi connectivity index (χ3n) is 6.22. The van der Waals surface area contributed by atoms with Gasteiger partial charge in [0.15, 0.2) is 5.11 Å². The summed E-state index contributed by atoms with van der Waals surface area (Å²) >= 11 is 5.68. The van der Waals surface area contributed by atoms with Gasteiger partial charge in [0.25, 0.3) is 0 Å². The topological polar surface area (TPSA) is 62.6 Å². The fraction of sp³-hybridized carbons (Fsp3) is 0.346. The first kappa shape index (κ1) is 23.8. The Morgan fingerprint density at radius 2 is 1.91 bits per heavy atom. The number of ether oxygens (including phenoxy) is 1. The number of nitrogens with zero attached hydrogens (tertiary/aromatic N) is 4. The largest absolute Gasteiger partial charge is 0.465 e. The van der Waals surface area contributed by atoms with Crippen LogP contribution < -0.4 is 10.2 Å². The Hall–Kier alpha value is -3.39. The molecule has 4 rings (SSSR count). The second-order valence-corrected chi connectivity index (χ2v) is 9.02. The van der Waals surface area contributed by atoms with Crippen molar-refractivity contribution in [2.75, 3.05) is 32.1 Å². The van der Waals surface area contributed by atoms with Gasteiger partial charge in [0.1, 0.15) is 6.54 Å². The van der Waals surface area contributed by atoms with Crippen LogP contribution in [0.4, 0.5) is 5.69 Å². The lowest BCUT2D eigenvalue weighted by atomic mass is 9.97. The summed E-state index contributed by atoms with van der Waals surface area (Å²) in [6, 6.07) is 16.1. The molecule has 0 aliphatic carbocycles. The summed E-state index contributed by atoms with van der Waals surface area (Å²) in [6.07, 6.45) is 1.78. The Balaban J connectivity index is 1.78. The molecule has 1 N–H and O–H groups in total. The van der Waals surface area contributed by atoms with E-state index in [1.165, 1.54) is 0 Å². The number of aromatic nitrogens is 2. The fourth-order valence-corrected chi connectivity index (χ4v) is 4.95. The minimum Gasteiger partial charge on any atom is -0.465 e. The van der Waals surface area contributed by atoms with Crippen LogP contribution in [-0.4, -0.2) is 52.8 Å². The Morgan fingerprint density at radius 3 is 2.53 bits per heavy atom. The summed E-state index contributed by atoms with van der Waals surface area (Å²) in [5.74, 6) is -0.300. The van der Waals surface area contributed by atoms with Crippen molar-refractivity contribution in [3.05, 3.63) is 77.4 Å². The summed E-state index contributed by atoms with van der Waals surface area (Å²) in [5, 5.41) is 3.93. The first-order chi connectivity index (χ1) is 16.3. The Labute approximate surface area is 206 Å². The highest BCUT2D eigenvalue weighted by Gasteiger charge is 2.42. The maximum Gasteiger partial charge on any atom is 0.325 e. The van der Waals surface area contributed by atoms with Crippen LogP contribution in [0.5, 0.6) is 0 Å². The summed E-state index contributed by atoms with van der Waals surface area (Å²) < 4.78 is 7.49. The van der Waals surface area contributed by atoms with Crippen molar-refractivity contribution in [1.29, 1.82) is 0 Å². The third-order valence-corrected chi connectivity index (χ3v) is 6.57. The van der Waals surface area contributed by atoms with Gasteiger partial charge in [0.05, 0.1) is 24.4 Å². The lowest BCUT2D eigenvalue weighted by Crippen LogP contribution is -2.35. The Morgan fingerprint density at radius 1 is 1.18 bits per heavy atom. The maximum absolute atomic E-state index is 12.5. The van der Waals surface area contributed by atoms with Crippen LogP contribution in [0.2, 0.25) is 0 Å². The number of nitrogens with one attached hydrogen (secondary N) is 1. The second kappa shape index (κ2) is 9.85. The zero-order valence-electron chi connectivity index (χ0n) is 20.3. The molecule has 3 heterocycles. The summed E-state index contributed by atoms with van der Waals surface area (Å²) in [6.45, 7) is 6.43. The van der Waals surface area contributed by atoms with Crippen LogP contribution in [0.1, 0.15) is 41.7 Å². The second-order valence-electron chi connectivity index (χ2n) is 8.63. The van der Waals surface area contributed by atoms with Crippen LogP contribution in [0.15, 0.2) is 54.7 Å². The van der Waals surface area contributed by atoms with Crippen molar-refractivity contribution in [3.8, 4) is 5.69 Å². The van der Waals surface area contributed by atoms with Gasteiger partial charge in [-0.1, -0.05) is 6.07 Å². The SMILES string of the molecule is CCOC(=O)CN1C(=S)N[C@@H](c2ccccn2)[C@H]1c1cc(C)n(-c2ccc(N(C)C)cc2)c1C. The molecule has 1 aliphatic rings. The molecule has 0 unspecified atom stereocenters. The molecule has 2 aromatic heterocycles. The van der Waals surface area contributed by atoms with E-state index in [2.05, 4.69) is 63.9 Å². The predicted molar refractivity (Wildman–Crippen MR) is 138 cm³/mol. The van der Waals surface area contributed by atoms with Gasteiger partial charge in [-0.2, -0.15) is 0 Å². The molecule has 7 nitrogen and oxygen atoms in total. The van der Waals surface area contributed by atoms with Crippen molar-refractivity contribution >= 4 is 29.0 Å². The van der Waals surface area contributed by atoms with Crippen molar-refractivity contribution in [3.63, 3.8) is 0 Å². The van der Waals surface area contributed by atoms with E-state index >= 15 is 0 Å². The number of carbonyl (C=O) groups is 1. The van der Waals surface area contributed by atoms with Gasteiger partial charge in [-0.3, -0.25) is 9.78 Å². The van der Waals surface area contributed by atoms with Crippen LogP contribution >= 0.6 is 12.2 Å². The molecule has 1 fully saturated rings. The molecule has 0 bridgehead atoms. The molecular formula is C26H31N5O2S. The number of anilines is 1. The molecule has 0 radical (unpaired) electrons. The number of hydrogen-bond donors (Lipinski definition) is 1. The number of esters is 1.